The maximum Gasteiger partial charge on any atom is 0.194 e. The Balaban J connectivity index is 1.58. The highest BCUT2D eigenvalue weighted by atomic mass is 19.2. The van der Waals surface area contributed by atoms with E-state index < -0.39 is 29.5 Å². The molecule has 2 heterocycles. The zero-order chi connectivity index (χ0) is 24.4. The number of ketones is 1. The van der Waals surface area contributed by atoms with Crippen LogP contribution in [0.25, 0.3) is 0 Å². The third-order valence-electron chi connectivity index (χ3n) is 6.23. The third-order valence-corrected chi connectivity index (χ3v) is 6.23. The van der Waals surface area contributed by atoms with Crippen molar-refractivity contribution in [2.45, 2.75) is 32.3 Å². The zero-order valence-electron chi connectivity index (χ0n) is 18.6. The molecule has 0 fully saturated rings. The van der Waals surface area contributed by atoms with Crippen molar-refractivity contribution >= 4 is 17.3 Å². The van der Waals surface area contributed by atoms with Crippen LogP contribution in [-0.4, -0.2) is 40.2 Å². The number of aliphatic hydroxyl groups is 2. The van der Waals surface area contributed by atoms with Gasteiger partial charge in [-0.2, -0.15) is 0 Å². The van der Waals surface area contributed by atoms with Gasteiger partial charge >= 0.3 is 0 Å². The molecule has 0 bridgehead atoms. The molecule has 2 N–H and O–H groups in total. The molecule has 0 aliphatic carbocycles. The maximum atomic E-state index is 13.6. The minimum atomic E-state index is -1.49. The van der Waals surface area contributed by atoms with Crippen molar-refractivity contribution in [1.29, 1.82) is 0 Å². The van der Waals surface area contributed by atoms with Gasteiger partial charge in [0.1, 0.15) is 5.82 Å². The molecule has 34 heavy (non-hydrogen) atoms. The Kier molecular flexibility index (Phi) is 7.00. The lowest BCUT2D eigenvalue weighted by atomic mass is 9.92. The van der Waals surface area contributed by atoms with Crippen LogP contribution in [0.2, 0.25) is 0 Å². The molecule has 1 aliphatic rings. The molecule has 2 atom stereocenters. The van der Waals surface area contributed by atoms with E-state index in [0.29, 0.717) is 29.9 Å². The summed E-state index contributed by atoms with van der Waals surface area (Å²) in [6.45, 7) is 1.87. The highest BCUT2D eigenvalue weighted by Crippen LogP contribution is 2.36. The number of fused-ring (bicyclic) bond motifs is 1. The lowest BCUT2D eigenvalue weighted by molar-refractivity contribution is 0.0646. The highest BCUT2D eigenvalue weighted by Gasteiger charge is 2.28. The molecule has 178 valence electrons. The van der Waals surface area contributed by atoms with Gasteiger partial charge < -0.3 is 15.1 Å². The SMILES string of the molecule is C[C@H](O)[C@@H](CO)CC(=O)c1cccc2c1CCN2c1cc(Cc2cc(F)c(F)c(F)c2)ccn1. The molecule has 3 aromatic rings. The summed E-state index contributed by atoms with van der Waals surface area (Å²) in [4.78, 5) is 19.3. The average molecular weight is 470 g/mol. The molecule has 0 radical (unpaired) electrons. The topological polar surface area (TPSA) is 73.7 Å². The Hall–Kier alpha value is -3.23. The molecule has 0 spiro atoms. The van der Waals surface area contributed by atoms with Crippen LogP contribution in [0, 0.1) is 23.4 Å². The Bertz CT molecular complexity index is 1190. The Labute approximate surface area is 195 Å². The summed E-state index contributed by atoms with van der Waals surface area (Å²) in [7, 11) is 0. The molecule has 2 aromatic carbocycles. The number of rotatable bonds is 8. The minimum absolute atomic E-state index is 0.0448. The highest BCUT2D eigenvalue weighted by molar-refractivity contribution is 5.99. The number of halogens is 3. The molecule has 0 unspecified atom stereocenters. The lowest BCUT2D eigenvalue weighted by Crippen LogP contribution is -2.24. The summed E-state index contributed by atoms with van der Waals surface area (Å²) < 4.78 is 40.4. The standard InChI is InChI=1S/C26H25F3N2O3/c1-15(33)18(14-32)13-24(34)20-3-2-4-23-19(20)6-8-31(23)25-12-16(5-7-30-25)9-17-10-21(27)26(29)22(28)11-17/h2-5,7,10-12,15,18,32-33H,6,8-9,13-14H2,1H3/t15-,18+/m0/s1. The van der Waals surface area contributed by atoms with Crippen LogP contribution in [0.15, 0.2) is 48.7 Å². The Morgan fingerprint density at radius 2 is 1.85 bits per heavy atom. The van der Waals surface area contributed by atoms with Crippen molar-refractivity contribution in [3.05, 3.63) is 88.4 Å². The second kappa shape index (κ2) is 9.95. The van der Waals surface area contributed by atoms with Crippen LogP contribution in [0.4, 0.5) is 24.7 Å². The normalized spacial score (nSPS) is 14.7. The summed E-state index contributed by atoms with van der Waals surface area (Å²) in [5, 5.41) is 19.2. The summed E-state index contributed by atoms with van der Waals surface area (Å²) in [5.74, 6) is -3.98. The van der Waals surface area contributed by atoms with Gasteiger partial charge in [-0.3, -0.25) is 4.79 Å². The van der Waals surface area contributed by atoms with Gasteiger partial charge in [-0.1, -0.05) is 12.1 Å². The number of carbonyl (C=O) groups excluding carboxylic acids is 1. The zero-order valence-corrected chi connectivity index (χ0v) is 18.6. The number of pyridine rings is 1. The van der Waals surface area contributed by atoms with E-state index >= 15 is 0 Å². The first-order valence-electron chi connectivity index (χ1n) is 11.1. The molecule has 1 aliphatic heterocycles. The number of benzene rings is 2. The fourth-order valence-corrected chi connectivity index (χ4v) is 4.33. The van der Waals surface area contributed by atoms with Gasteiger partial charge in [0.05, 0.1) is 6.10 Å². The second-order valence-corrected chi connectivity index (χ2v) is 8.59. The van der Waals surface area contributed by atoms with E-state index in [2.05, 4.69) is 4.98 Å². The van der Waals surface area contributed by atoms with Crippen LogP contribution >= 0.6 is 0 Å². The Morgan fingerprint density at radius 3 is 2.53 bits per heavy atom. The summed E-state index contributed by atoms with van der Waals surface area (Å²) >= 11 is 0. The number of aliphatic hydroxyl groups excluding tert-OH is 2. The monoisotopic (exact) mass is 470 g/mol. The molecular formula is C26H25F3N2O3. The average Bonchev–Trinajstić information content (AvgIpc) is 3.25. The largest absolute Gasteiger partial charge is 0.396 e. The number of carbonyl (C=O) groups is 1. The first-order valence-corrected chi connectivity index (χ1v) is 11.1. The predicted molar refractivity (Wildman–Crippen MR) is 122 cm³/mol. The smallest absolute Gasteiger partial charge is 0.194 e. The van der Waals surface area contributed by atoms with Crippen LogP contribution < -0.4 is 4.90 Å². The molecular weight excluding hydrogens is 445 g/mol. The van der Waals surface area contributed by atoms with E-state index in [4.69, 9.17) is 0 Å². The summed E-state index contributed by atoms with van der Waals surface area (Å²) in [6, 6.07) is 10.9. The van der Waals surface area contributed by atoms with E-state index in [0.717, 1.165) is 28.9 Å². The predicted octanol–water partition coefficient (Wildman–Crippen LogP) is 4.35. The van der Waals surface area contributed by atoms with E-state index in [1.165, 1.54) is 0 Å². The molecule has 5 nitrogen and oxygen atoms in total. The first-order chi connectivity index (χ1) is 16.3. The fraction of sp³-hybridized carbons (Fsp3) is 0.308. The summed E-state index contributed by atoms with van der Waals surface area (Å²) in [6.07, 6.45) is 1.67. The van der Waals surface area contributed by atoms with E-state index in [-0.39, 0.29) is 25.2 Å². The third kappa shape index (κ3) is 4.83. The number of hydrogen-bond acceptors (Lipinski definition) is 5. The van der Waals surface area contributed by atoms with Crippen molar-refractivity contribution in [2.24, 2.45) is 5.92 Å². The molecule has 8 heteroatoms. The van der Waals surface area contributed by atoms with Crippen molar-refractivity contribution in [2.75, 3.05) is 18.1 Å². The molecule has 4 rings (SSSR count). The van der Waals surface area contributed by atoms with E-state index in [1.54, 1.807) is 37.4 Å². The molecule has 0 amide bonds. The fourth-order valence-electron chi connectivity index (χ4n) is 4.33. The van der Waals surface area contributed by atoms with Crippen LogP contribution in [0.3, 0.4) is 0 Å². The van der Waals surface area contributed by atoms with Gasteiger partial charge in [0, 0.05) is 42.9 Å². The van der Waals surface area contributed by atoms with Gasteiger partial charge in [-0.25, -0.2) is 18.2 Å². The van der Waals surface area contributed by atoms with Crippen LogP contribution in [0.5, 0.6) is 0 Å². The van der Waals surface area contributed by atoms with E-state index in [1.807, 2.05) is 11.0 Å². The van der Waals surface area contributed by atoms with Gasteiger partial charge in [0.2, 0.25) is 0 Å². The quantitative estimate of drug-likeness (QED) is 0.378. The van der Waals surface area contributed by atoms with E-state index in [9.17, 15) is 28.2 Å². The Morgan fingerprint density at radius 1 is 1.12 bits per heavy atom. The van der Waals surface area contributed by atoms with Crippen LogP contribution in [-0.2, 0) is 12.8 Å². The van der Waals surface area contributed by atoms with Gasteiger partial charge in [-0.15, -0.1) is 0 Å². The number of hydrogen-bond donors (Lipinski definition) is 2. The minimum Gasteiger partial charge on any atom is -0.396 e. The number of aromatic nitrogens is 1. The lowest BCUT2D eigenvalue weighted by Gasteiger charge is -2.20. The first kappa shape index (κ1) is 23.9. The van der Waals surface area contributed by atoms with Crippen LogP contribution in [0.1, 0.15) is 40.4 Å². The van der Waals surface area contributed by atoms with Gasteiger partial charge in [0.15, 0.2) is 23.2 Å². The van der Waals surface area contributed by atoms with Gasteiger partial charge in [0.25, 0.3) is 0 Å². The van der Waals surface area contributed by atoms with Gasteiger partial charge in [-0.05, 0) is 66.8 Å². The molecule has 1 aromatic heterocycles. The second-order valence-electron chi connectivity index (χ2n) is 8.59. The number of nitrogens with zero attached hydrogens (tertiary/aromatic N) is 2. The number of Topliss-reactive ketones (excluding diaryl/α,β-unsaturated/α-hetero) is 1. The van der Waals surface area contributed by atoms with Crippen molar-refractivity contribution in [1.82, 2.24) is 4.98 Å². The van der Waals surface area contributed by atoms with Crippen molar-refractivity contribution in [3.8, 4) is 0 Å². The molecule has 0 saturated carbocycles. The van der Waals surface area contributed by atoms with Crippen molar-refractivity contribution in [3.63, 3.8) is 0 Å². The summed E-state index contributed by atoms with van der Waals surface area (Å²) in [5.41, 5.74) is 3.34. The maximum absolute atomic E-state index is 13.6. The van der Waals surface area contributed by atoms with Crippen molar-refractivity contribution < 1.29 is 28.2 Å². The molecule has 0 saturated heterocycles. The number of anilines is 2.